The number of hydrogen-bond donors (Lipinski definition) is 0. The van der Waals surface area contributed by atoms with Crippen LogP contribution in [-0.4, -0.2) is 5.78 Å². The fraction of sp³-hybridized carbons (Fsp3) is 0.375. The molecule has 0 N–H and O–H groups in total. The lowest BCUT2D eigenvalue weighted by atomic mass is 9.99. The van der Waals surface area contributed by atoms with Gasteiger partial charge in [0.05, 0.1) is 7.76 Å². The summed E-state index contributed by atoms with van der Waals surface area (Å²) in [5, 5.41) is 0. The van der Waals surface area contributed by atoms with Crippen molar-refractivity contribution in [1.29, 1.82) is 0 Å². The van der Waals surface area contributed by atoms with Crippen LogP contribution in [0.3, 0.4) is 0 Å². The maximum atomic E-state index is 11.3. The van der Waals surface area contributed by atoms with Gasteiger partial charge in [-0.2, -0.15) is 0 Å². The summed E-state index contributed by atoms with van der Waals surface area (Å²) < 4.78 is 1.24. The van der Waals surface area contributed by atoms with Gasteiger partial charge >= 0.3 is 0 Å². The highest BCUT2D eigenvalue weighted by molar-refractivity contribution is 14.1. The van der Waals surface area contributed by atoms with E-state index in [1.165, 1.54) is 8.45 Å². The van der Waals surface area contributed by atoms with Gasteiger partial charge in [0.25, 0.3) is 0 Å². The molecule has 1 aliphatic carbocycles. The minimum atomic E-state index is 0.346. The van der Waals surface area contributed by atoms with E-state index in [-0.39, 0.29) is 0 Å². The summed E-state index contributed by atoms with van der Waals surface area (Å²) in [6.07, 6.45) is 2.89. The number of carbonyl (C=O) groups is 1. The van der Waals surface area contributed by atoms with Gasteiger partial charge in [0.1, 0.15) is 0 Å². The second kappa shape index (κ2) is 2.86. The van der Waals surface area contributed by atoms with Gasteiger partial charge in [0.15, 0.2) is 5.78 Å². The molecule has 0 aliphatic heterocycles. The number of aryl methyl sites for hydroxylation is 1. The van der Waals surface area contributed by atoms with Crippen LogP contribution < -0.4 is 0 Å². The van der Waals surface area contributed by atoms with Crippen molar-refractivity contribution in [2.45, 2.75) is 19.3 Å². The first-order valence-electron chi connectivity index (χ1n) is 3.59. The monoisotopic (exact) mass is 278 g/mol. The molecule has 11 heavy (non-hydrogen) atoms. The number of carbonyl (C=O) groups excluding carboxylic acids is 1. The van der Waals surface area contributed by atoms with Crippen molar-refractivity contribution in [3.63, 3.8) is 0 Å². The topological polar surface area (TPSA) is 17.1 Å². The molecular formula is C8H7IOS. The molecule has 1 aromatic rings. The van der Waals surface area contributed by atoms with Crippen LogP contribution in [0.25, 0.3) is 0 Å². The lowest BCUT2D eigenvalue weighted by Gasteiger charge is -2.07. The van der Waals surface area contributed by atoms with Crippen molar-refractivity contribution in [1.82, 2.24) is 0 Å². The smallest absolute Gasteiger partial charge is 0.173 e. The van der Waals surface area contributed by atoms with Crippen LogP contribution in [0, 0.1) is 2.88 Å². The quantitative estimate of drug-likeness (QED) is 0.667. The number of fused-ring (bicyclic) bond motifs is 1. The van der Waals surface area contributed by atoms with E-state index in [1.807, 2.05) is 0 Å². The van der Waals surface area contributed by atoms with Gasteiger partial charge in [0.2, 0.25) is 0 Å². The highest BCUT2D eigenvalue weighted by Gasteiger charge is 2.19. The summed E-state index contributed by atoms with van der Waals surface area (Å²) in [5.41, 5.74) is 1.27. The Morgan fingerprint density at radius 2 is 2.27 bits per heavy atom. The molecule has 0 saturated heterocycles. The van der Waals surface area contributed by atoms with Gasteiger partial charge in [-0.15, -0.1) is 11.3 Å². The third kappa shape index (κ3) is 1.36. The Morgan fingerprint density at radius 3 is 3.00 bits per heavy atom. The molecule has 0 amide bonds. The van der Waals surface area contributed by atoms with E-state index in [2.05, 4.69) is 28.7 Å². The number of Topliss-reactive ketones (excluding diaryl/α,β-unsaturated/α-hetero) is 1. The summed E-state index contributed by atoms with van der Waals surface area (Å²) in [6, 6.07) is 2.14. The molecule has 3 heteroatoms. The Morgan fingerprint density at radius 1 is 1.45 bits per heavy atom. The van der Waals surface area contributed by atoms with E-state index < -0.39 is 0 Å². The van der Waals surface area contributed by atoms with Crippen molar-refractivity contribution in [2.24, 2.45) is 0 Å². The maximum Gasteiger partial charge on any atom is 0.173 e. The summed E-state index contributed by atoms with van der Waals surface area (Å²) >= 11 is 3.91. The molecule has 2 rings (SSSR count). The molecule has 1 nitrogen and oxygen atoms in total. The third-order valence-electron chi connectivity index (χ3n) is 1.88. The molecule has 0 aromatic carbocycles. The van der Waals surface area contributed by atoms with E-state index >= 15 is 0 Å². The number of ketones is 1. The molecule has 0 atom stereocenters. The van der Waals surface area contributed by atoms with Crippen molar-refractivity contribution >= 4 is 39.7 Å². The molecule has 0 spiro atoms. The summed E-state index contributed by atoms with van der Waals surface area (Å²) in [7, 11) is 0. The van der Waals surface area contributed by atoms with E-state index in [0.717, 1.165) is 24.1 Å². The Balaban J connectivity index is 2.52. The third-order valence-corrected chi connectivity index (χ3v) is 3.86. The standard InChI is InChI=1S/C8H7IOS/c9-7-4-5-2-1-3-6(10)8(5)11-7/h4H,1-3H2. The van der Waals surface area contributed by atoms with E-state index in [0.29, 0.717) is 5.78 Å². The molecule has 0 radical (unpaired) electrons. The summed E-state index contributed by atoms with van der Waals surface area (Å²) in [6.45, 7) is 0. The predicted octanol–water partition coefficient (Wildman–Crippen LogP) is 2.87. The molecule has 0 fully saturated rings. The molecule has 58 valence electrons. The number of hydrogen-bond acceptors (Lipinski definition) is 2. The van der Waals surface area contributed by atoms with Crippen molar-refractivity contribution in [2.75, 3.05) is 0 Å². The zero-order chi connectivity index (χ0) is 7.84. The zero-order valence-electron chi connectivity index (χ0n) is 5.89. The van der Waals surface area contributed by atoms with Crippen LogP contribution in [0.15, 0.2) is 6.07 Å². The lowest BCUT2D eigenvalue weighted by Crippen LogP contribution is -2.06. The Bertz CT molecular complexity index is 303. The average molecular weight is 278 g/mol. The van der Waals surface area contributed by atoms with Gasteiger partial charge in [0, 0.05) is 6.42 Å². The SMILES string of the molecule is O=C1CCCc2cc(I)sc21. The van der Waals surface area contributed by atoms with Crippen LogP contribution in [0.5, 0.6) is 0 Å². The summed E-state index contributed by atoms with van der Waals surface area (Å²) in [5.74, 6) is 0.346. The van der Waals surface area contributed by atoms with Gasteiger partial charge in [-0.25, -0.2) is 0 Å². The first kappa shape index (κ1) is 7.73. The second-order valence-electron chi connectivity index (χ2n) is 2.68. The van der Waals surface area contributed by atoms with Gasteiger partial charge in [-0.05, 0) is 47.1 Å². The summed E-state index contributed by atoms with van der Waals surface area (Å²) in [4.78, 5) is 12.3. The average Bonchev–Trinajstić information content (AvgIpc) is 2.31. The normalized spacial score (nSPS) is 16.6. The fourth-order valence-electron chi connectivity index (χ4n) is 1.37. The maximum absolute atomic E-state index is 11.3. The van der Waals surface area contributed by atoms with Crippen LogP contribution in [0.2, 0.25) is 0 Å². The Hall–Kier alpha value is 0.1000. The van der Waals surface area contributed by atoms with Gasteiger partial charge in [-0.3, -0.25) is 4.79 Å². The molecule has 0 bridgehead atoms. The first-order chi connectivity index (χ1) is 5.27. The van der Waals surface area contributed by atoms with Gasteiger partial charge < -0.3 is 0 Å². The van der Waals surface area contributed by atoms with Crippen molar-refractivity contribution < 1.29 is 4.79 Å². The Kier molecular flexibility index (Phi) is 2.01. The first-order valence-corrected chi connectivity index (χ1v) is 5.48. The van der Waals surface area contributed by atoms with E-state index in [4.69, 9.17) is 0 Å². The lowest BCUT2D eigenvalue weighted by molar-refractivity contribution is 0.0977. The van der Waals surface area contributed by atoms with Crippen molar-refractivity contribution in [3.8, 4) is 0 Å². The van der Waals surface area contributed by atoms with E-state index in [1.54, 1.807) is 11.3 Å². The number of rotatable bonds is 0. The van der Waals surface area contributed by atoms with Gasteiger partial charge in [-0.1, -0.05) is 0 Å². The molecule has 1 aromatic heterocycles. The molecule has 1 heterocycles. The zero-order valence-corrected chi connectivity index (χ0v) is 8.87. The number of halogens is 1. The molecular weight excluding hydrogens is 271 g/mol. The number of thiophene rings is 1. The van der Waals surface area contributed by atoms with Crippen LogP contribution in [0.1, 0.15) is 28.1 Å². The highest BCUT2D eigenvalue weighted by atomic mass is 127. The van der Waals surface area contributed by atoms with E-state index in [9.17, 15) is 4.79 Å². The van der Waals surface area contributed by atoms with Crippen molar-refractivity contribution in [3.05, 3.63) is 19.4 Å². The predicted molar refractivity (Wildman–Crippen MR) is 54.3 cm³/mol. The molecule has 0 unspecified atom stereocenters. The molecule has 1 aliphatic rings. The van der Waals surface area contributed by atoms with Crippen LogP contribution >= 0.6 is 33.9 Å². The second-order valence-corrected chi connectivity index (χ2v) is 5.63. The minimum Gasteiger partial charge on any atom is -0.293 e. The van der Waals surface area contributed by atoms with Crippen LogP contribution in [0.4, 0.5) is 0 Å². The largest absolute Gasteiger partial charge is 0.293 e. The van der Waals surface area contributed by atoms with Crippen LogP contribution in [-0.2, 0) is 6.42 Å². The fourth-order valence-corrected chi connectivity index (χ4v) is 3.31. The Labute approximate surface area is 82.9 Å². The minimum absolute atomic E-state index is 0.346. The molecule has 0 saturated carbocycles. The highest BCUT2D eigenvalue weighted by Crippen LogP contribution is 2.30.